The summed E-state index contributed by atoms with van der Waals surface area (Å²) in [6.45, 7) is 0. The maximum absolute atomic E-state index is 14.1. The number of pyridine rings is 1. The molecule has 0 atom stereocenters. The van der Waals surface area contributed by atoms with Crippen LogP contribution in [0.4, 0.5) is 30.7 Å². The number of halogens is 9. The average molecular weight is 394 g/mol. The second-order valence-electron chi connectivity index (χ2n) is 4.53. The molecule has 0 aliphatic rings. The molecule has 130 valence electrons. The van der Waals surface area contributed by atoms with Gasteiger partial charge in [0.2, 0.25) is 0 Å². The Morgan fingerprint density at radius 2 is 1.46 bits per heavy atom. The molecule has 2 nitrogen and oxygen atoms in total. The zero-order valence-electron chi connectivity index (χ0n) is 11.0. The molecule has 0 amide bonds. The van der Waals surface area contributed by atoms with Gasteiger partial charge in [-0.15, -0.1) is 0 Å². The highest BCUT2D eigenvalue weighted by atomic mass is 35.5. The number of benzene rings is 1. The van der Waals surface area contributed by atoms with Gasteiger partial charge in [-0.05, 0) is 12.1 Å². The number of hydrogen-bond acceptors (Lipinski definition) is 1. The quantitative estimate of drug-likeness (QED) is 0.635. The summed E-state index contributed by atoms with van der Waals surface area (Å²) in [7, 11) is 0. The lowest BCUT2D eigenvalue weighted by Gasteiger charge is -2.16. The van der Waals surface area contributed by atoms with E-state index in [4.69, 9.17) is 23.2 Å². The van der Waals surface area contributed by atoms with Gasteiger partial charge in [0.05, 0.1) is 26.7 Å². The van der Waals surface area contributed by atoms with Crippen molar-refractivity contribution in [2.75, 3.05) is 0 Å². The van der Waals surface area contributed by atoms with Gasteiger partial charge in [0.25, 0.3) is 5.56 Å². The van der Waals surface area contributed by atoms with Crippen LogP contribution in [0.1, 0.15) is 11.1 Å². The predicted octanol–water partition coefficient (Wildman–Crippen LogP) is 5.53. The van der Waals surface area contributed by atoms with Crippen molar-refractivity contribution in [2.24, 2.45) is 0 Å². The van der Waals surface area contributed by atoms with E-state index >= 15 is 0 Å². The van der Waals surface area contributed by atoms with Crippen LogP contribution in [0.3, 0.4) is 0 Å². The Balaban J connectivity index is 2.89. The Hall–Kier alpha value is -1.74. The summed E-state index contributed by atoms with van der Waals surface area (Å²) in [5, 5.41) is -1.98. The number of aromatic amines is 1. The summed E-state index contributed by atoms with van der Waals surface area (Å²) in [5.74, 6) is -1.74. The van der Waals surface area contributed by atoms with Crippen molar-refractivity contribution in [3.63, 3.8) is 0 Å². The predicted molar refractivity (Wildman–Crippen MR) is 72.5 cm³/mol. The van der Waals surface area contributed by atoms with E-state index in [0.717, 1.165) is 0 Å². The molecule has 0 aliphatic carbocycles. The highest BCUT2D eigenvalue weighted by molar-refractivity contribution is 6.34. The molecule has 11 heteroatoms. The maximum Gasteiger partial charge on any atom is 0.418 e. The van der Waals surface area contributed by atoms with E-state index in [1.807, 2.05) is 4.98 Å². The number of alkyl halides is 6. The second-order valence-corrected chi connectivity index (χ2v) is 5.34. The fourth-order valence-electron chi connectivity index (χ4n) is 2.00. The summed E-state index contributed by atoms with van der Waals surface area (Å²) in [6.07, 6.45) is -9.61. The number of nitrogens with one attached hydrogen (secondary N) is 1. The first kappa shape index (κ1) is 18.6. The van der Waals surface area contributed by atoms with Crippen LogP contribution in [-0.2, 0) is 12.4 Å². The van der Waals surface area contributed by atoms with Gasteiger partial charge in [-0.1, -0.05) is 23.2 Å². The number of hydrogen-bond donors (Lipinski definition) is 1. The topological polar surface area (TPSA) is 32.9 Å². The highest BCUT2D eigenvalue weighted by Gasteiger charge is 2.40. The largest absolute Gasteiger partial charge is 0.418 e. The van der Waals surface area contributed by atoms with Crippen LogP contribution in [0.15, 0.2) is 23.1 Å². The summed E-state index contributed by atoms with van der Waals surface area (Å²) < 4.78 is 91.2. The lowest BCUT2D eigenvalue weighted by Crippen LogP contribution is -2.19. The Morgan fingerprint density at radius 1 is 0.875 bits per heavy atom. The summed E-state index contributed by atoms with van der Waals surface area (Å²) in [6, 6.07) is 0.169. The van der Waals surface area contributed by atoms with E-state index in [1.54, 1.807) is 0 Å². The molecule has 2 aromatic rings. The molecule has 0 fully saturated rings. The molecule has 0 unspecified atom stereocenters. The van der Waals surface area contributed by atoms with Gasteiger partial charge < -0.3 is 4.98 Å². The molecule has 1 aromatic heterocycles. The second kappa shape index (κ2) is 5.96. The van der Waals surface area contributed by atoms with Crippen molar-refractivity contribution in [3.8, 4) is 11.1 Å². The smallest absolute Gasteiger partial charge is 0.327 e. The SMILES string of the molecule is O=c1[nH]cc(Cl)c(C(F)(F)F)c1-c1c(F)cc(C(F)(F)F)cc1Cl. The van der Waals surface area contributed by atoms with Gasteiger partial charge in [0.1, 0.15) is 5.82 Å². The minimum atomic E-state index is -5.17. The van der Waals surface area contributed by atoms with Crippen LogP contribution >= 0.6 is 23.2 Å². The number of aromatic nitrogens is 1. The third kappa shape index (κ3) is 3.36. The minimum Gasteiger partial charge on any atom is -0.327 e. The average Bonchev–Trinajstić information content (AvgIpc) is 2.39. The monoisotopic (exact) mass is 393 g/mol. The molecular formula is C13H4Cl2F7NO. The molecule has 1 aromatic carbocycles. The van der Waals surface area contributed by atoms with Crippen molar-refractivity contribution >= 4 is 23.2 Å². The van der Waals surface area contributed by atoms with Gasteiger partial charge in [0.15, 0.2) is 0 Å². The fraction of sp³-hybridized carbons (Fsp3) is 0.154. The summed E-state index contributed by atoms with van der Waals surface area (Å²) in [5.41, 5.74) is -7.05. The van der Waals surface area contributed by atoms with Crippen LogP contribution in [0.5, 0.6) is 0 Å². The first-order valence-electron chi connectivity index (χ1n) is 5.89. The molecule has 0 bridgehead atoms. The minimum absolute atomic E-state index is 0.0539. The van der Waals surface area contributed by atoms with Crippen molar-refractivity contribution in [3.05, 3.63) is 55.7 Å². The fourth-order valence-corrected chi connectivity index (χ4v) is 2.56. The molecule has 0 radical (unpaired) electrons. The molecule has 0 saturated carbocycles. The van der Waals surface area contributed by atoms with E-state index in [2.05, 4.69) is 0 Å². The number of rotatable bonds is 1. The van der Waals surface area contributed by atoms with E-state index in [-0.39, 0.29) is 12.1 Å². The molecule has 1 N–H and O–H groups in total. The van der Waals surface area contributed by atoms with Crippen molar-refractivity contribution in [1.29, 1.82) is 0 Å². The molecule has 24 heavy (non-hydrogen) atoms. The molecule has 2 rings (SSSR count). The van der Waals surface area contributed by atoms with Crippen molar-refractivity contribution < 1.29 is 30.7 Å². The first-order valence-corrected chi connectivity index (χ1v) is 6.64. The zero-order valence-corrected chi connectivity index (χ0v) is 12.6. The standard InChI is InChI=1S/C13H4Cl2F7NO/c14-5-1-4(12(17,18)19)2-7(16)8(5)9-10(13(20,21)22)6(15)3-23-11(9)24/h1-3H,(H,23,24). The highest BCUT2D eigenvalue weighted by Crippen LogP contribution is 2.43. The molecule has 0 spiro atoms. The van der Waals surface area contributed by atoms with Gasteiger partial charge in [-0.2, -0.15) is 26.3 Å². The lowest BCUT2D eigenvalue weighted by molar-refractivity contribution is -0.138. The Morgan fingerprint density at radius 3 is 1.92 bits per heavy atom. The Kier molecular flexibility index (Phi) is 4.62. The Labute approximate surface area is 138 Å². The lowest BCUT2D eigenvalue weighted by atomic mass is 9.99. The van der Waals surface area contributed by atoms with Crippen molar-refractivity contribution in [2.45, 2.75) is 12.4 Å². The molecule has 0 aliphatic heterocycles. The van der Waals surface area contributed by atoms with Gasteiger partial charge in [-0.3, -0.25) is 4.79 Å². The van der Waals surface area contributed by atoms with Crippen molar-refractivity contribution in [1.82, 2.24) is 4.98 Å². The van der Waals surface area contributed by atoms with Crippen LogP contribution in [0.2, 0.25) is 10.0 Å². The number of H-pyrrole nitrogens is 1. The third-order valence-electron chi connectivity index (χ3n) is 2.95. The summed E-state index contributed by atoms with van der Waals surface area (Å²) >= 11 is 10.9. The van der Waals surface area contributed by atoms with Gasteiger partial charge >= 0.3 is 12.4 Å². The maximum atomic E-state index is 14.1. The van der Waals surface area contributed by atoms with E-state index < -0.39 is 56.0 Å². The normalized spacial score (nSPS) is 12.5. The van der Waals surface area contributed by atoms with Crippen LogP contribution in [0.25, 0.3) is 11.1 Å². The molecule has 0 saturated heterocycles. The zero-order chi connectivity index (χ0) is 18.4. The first-order chi connectivity index (χ1) is 10.8. The van der Waals surface area contributed by atoms with E-state index in [1.165, 1.54) is 0 Å². The van der Waals surface area contributed by atoms with E-state index in [0.29, 0.717) is 6.20 Å². The molecule has 1 heterocycles. The summed E-state index contributed by atoms with van der Waals surface area (Å²) in [4.78, 5) is 13.6. The third-order valence-corrected chi connectivity index (χ3v) is 3.54. The van der Waals surface area contributed by atoms with Crippen LogP contribution in [-0.4, -0.2) is 4.98 Å². The molecular weight excluding hydrogens is 390 g/mol. The van der Waals surface area contributed by atoms with Crippen LogP contribution < -0.4 is 5.56 Å². The van der Waals surface area contributed by atoms with Crippen LogP contribution in [0, 0.1) is 5.82 Å². The van der Waals surface area contributed by atoms with Gasteiger partial charge in [-0.25, -0.2) is 4.39 Å². The van der Waals surface area contributed by atoms with Gasteiger partial charge in [0, 0.05) is 11.8 Å². The Bertz CT molecular complexity index is 832. The van der Waals surface area contributed by atoms with E-state index in [9.17, 15) is 35.5 Å².